The number of aromatic nitrogens is 2. The number of fused-ring (bicyclic) bond motifs is 1. The van der Waals surface area contributed by atoms with Gasteiger partial charge in [-0.3, -0.25) is 0 Å². The third-order valence-electron chi connectivity index (χ3n) is 3.46. The second kappa shape index (κ2) is 4.03. The summed E-state index contributed by atoms with van der Waals surface area (Å²) in [4.78, 5) is 3.60. The zero-order valence-corrected chi connectivity index (χ0v) is 10.2. The quantitative estimate of drug-likeness (QED) is 0.666. The predicted molar refractivity (Wildman–Crippen MR) is 63.9 cm³/mol. The lowest BCUT2D eigenvalue weighted by molar-refractivity contribution is -0.169. The van der Waals surface area contributed by atoms with Gasteiger partial charge in [-0.2, -0.15) is 5.26 Å². The highest BCUT2D eigenvalue weighted by Gasteiger charge is 2.45. The number of nitrogens with zero attached hydrogens (tertiary/aromatic N) is 3. The molecular formula is C13H10FN3O3. The predicted octanol–water partition coefficient (Wildman–Crippen LogP) is 0.730. The summed E-state index contributed by atoms with van der Waals surface area (Å²) < 4.78 is 15.4. The Hall–Kier alpha value is -2.43. The van der Waals surface area contributed by atoms with Crippen LogP contribution in [-0.2, 0) is 5.79 Å². The normalized spacial score (nSPS) is 19.6. The van der Waals surface area contributed by atoms with Crippen LogP contribution in [0.15, 0.2) is 24.5 Å². The molecule has 1 atom stereocenters. The molecule has 102 valence electrons. The van der Waals surface area contributed by atoms with E-state index in [1.165, 1.54) is 23.0 Å². The van der Waals surface area contributed by atoms with Crippen LogP contribution in [0.4, 0.5) is 4.39 Å². The van der Waals surface area contributed by atoms with Crippen LogP contribution in [0.25, 0.3) is 0 Å². The van der Waals surface area contributed by atoms with Gasteiger partial charge in [-0.1, -0.05) is 6.07 Å². The molecule has 7 heteroatoms. The smallest absolute Gasteiger partial charge is 0.238 e. The second-order valence-corrected chi connectivity index (χ2v) is 4.71. The van der Waals surface area contributed by atoms with Gasteiger partial charge in [0.2, 0.25) is 11.7 Å². The summed E-state index contributed by atoms with van der Waals surface area (Å²) >= 11 is 0. The Kier molecular flexibility index (Phi) is 2.54. The Morgan fingerprint density at radius 3 is 2.85 bits per heavy atom. The van der Waals surface area contributed by atoms with Gasteiger partial charge in [-0.05, 0) is 12.1 Å². The number of imidazole rings is 1. The highest BCUT2D eigenvalue weighted by molar-refractivity contribution is 5.38. The molecule has 0 saturated carbocycles. The van der Waals surface area contributed by atoms with Crippen molar-refractivity contribution in [1.82, 2.24) is 9.55 Å². The fourth-order valence-corrected chi connectivity index (χ4v) is 2.56. The molecule has 2 aromatic rings. The zero-order valence-electron chi connectivity index (χ0n) is 10.2. The average molecular weight is 275 g/mol. The van der Waals surface area contributed by atoms with E-state index in [9.17, 15) is 19.7 Å². The number of rotatable bonds is 1. The molecule has 0 bridgehead atoms. The van der Waals surface area contributed by atoms with E-state index in [0.29, 0.717) is 0 Å². The van der Waals surface area contributed by atoms with Crippen molar-refractivity contribution in [1.29, 1.82) is 5.26 Å². The Balaban J connectivity index is 2.12. The topological polar surface area (TPSA) is 102 Å². The van der Waals surface area contributed by atoms with Gasteiger partial charge < -0.3 is 19.9 Å². The van der Waals surface area contributed by atoms with Crippen molar-refractivity contribution in [3.63, 3.8) is 0 Å². The van der Waals surface area contributed by atoms with Crippen LogP contribution in [0, 0.1) is 17.1 Å². The molecule has 1 unspecified atom stereocenters. The van der Waals surface area contributed by atoms with Gasteiger partial charge in [0.15, 0.2) is 0 Å². The first kappa shape index (κ1) is 12.6. The minimum absolute atomic E-state index is 0.161. The molecular weight excluding hydrogens is 265 g/mol. The molecule has 1 aliphatic heterocycles. The van der Waals surface area contributed by atoms with E-state index >= 15 is 0 Å². The molecule has 6 nitrogen and oxygen atoms in total. The highest BCUT2D eigenvalue weighted by atomic mass is 19.1. The van der Waals surface area contributed by atoms with Crippen molar-refractivity contribution in [2.45, 2.75) is 18.2 Å². The summed E-state index contributed by atoms with van der Waals surface area (Å²) in [5.41, 5.74) is 0.219. The summed E-state index contributed by atoms with van der Waals surface area (Å²) in [6.45, 7) is 0. The van der Waals surface area contributed by atoms with Gasteiger partial charge in [0.05, 0.1) is 24.0 Å². The number of hydrogen-bond acceptors (Lipinski definition) is 5. The lowest BCUT2D eigenvalue weighted by Gasteiger charge is -2.16. The largest absolute Gasteiger partial charge is 0.492 e. The highest BCUT2D eigenvalue weighted by Crippen LogP contribution is 2.44. The third kappa shape index (κ3) is 1.66. The average Bonchev–Trinajstić information content (AvgIpc) is 2.90. The molecule has 1 aromatic heterocycles. The van der Waals surface area contributed by atoms with Gasteiger partial charge in [0.1, 0.15) is 11.5 Å². The molecule has 3 N–H and O–H groups in total. The number of hydrogen-bond donors (Lipinski definition) is 3. The van der Waals surface area contributed by atoms with E-state index in [1.54, 1.807) is 0 Å². The molecule has 0 radical (unpaired) electrons. The molecule has 1 aliphatic rings. The zero-order chi connectivity index (χ0) is 14.5. The van der Waals surface area contributed by atoms with E-state index < -0.39 is 23.5 Å². The Morgan fingerprint density at radius 1 is 1.45 bits per heavy atom. The van der Waals surface area contributed by atoms with E-state index in [1.807, 2.05) is 6.07 Å². The number of aliphatic hydroxyl groups is 2. The number of nitriles is 1. The minimum Gasteiger partial charge on any atom is -0.492 e. The van der Waals surface area contributed by atoms with Crippen LogP contribution in [-0.4, -0.2) is 24.9 Å². The molecule has 0 fully saturated rings. The van der Waals surface area contributed by atoms with Gasteiger partial charge in [0, 0.05) is 12.0 Å². The fraction of sp³-hybridized carbons (Fsp3) is 0.231. The van der Waals surface area contributed by atoms with E-state index in [0.717, 1.165) is 6.07 Å². The Morgan fingerprint density at radius 2 is 2.20 bits per heavy atom. The van der Waals surface area contributed by atoms with Gasteiger partial charge in [0.25, 0.3) is 0 Å². The summed E-state index contributed by atoms with van der Waals surface area (Å²) in [5.74, 6) is -3.39. The summed E-state index contributed by atoms with van der Waals surface area (Å²) in [6.07, 6.45) is 1.02. The maximum Gasteiger partial charge on any atom is 0.238 e. The minimum atomic E-state index is -2.27. The maximum absolute atomic E-state index is 14.0. The van der Waals surface area contributed by atoms with Crippen LogP contribution in [0.2, 0.25) is 0 Å². The lowest BCUT2D eigenvalue weighted by Crippen LogP contribution is -2.21. The molecule has 3 rings (SSSR count). The molecule has 2 heterocycles. The second-order valence-electron chi connectivity index (χ2n) is 4.71. The van der Waals surface area contributed by atoms with E-state index in [-0.39, 0.29) is 23.2 Å². The van der Waals surface area contributed by atoms with Crippen molar-refractivity contribution < 1.29 is 19.7 Å². The third-order valence-corrected chi connectivity index (χ3v) is 3.46. The monoisotopic (exact) mass is 275 g/mol. The summed E-state index contributed by atoms with van der Waals surface area (Å²) in [5, 5.41) is 38.1. The fourth-order valence-electron chi connectivity index (χ4n) is 2.56. The van der Waals surface area contributed by atoms with Crippen LogP contribution >= 0.6 is 0 Å². The number of benzene rings is 1. The van der Waals surface area contributed by atoms with Gasteiger partial charge in [-0.25, -0.2) is 9.37 Å². The van der Waals surface area contributed by atoms with Crippen LogP contribution < -0.4 is 0 Å². The summed E-state index contributed by atoms with van der Waals surface area (Å²) in [7, 11) is 0. The lowest BCUT2D eigenvalue weighted by atomic mass is 10.00. The first-order chi connectivity index (χ1) is 9.44. The van der Waals surface area contributed by atoms with Gasteiger partial charge in [-0.15, -0.1) is 0 Å². The Bertz CT molecular complexity index is 733. The van der Waals surface area contributed by atoms with Crippen molar-refractivity contribution in [2.24, 2.45) is 0 Å². The van der Waals surface area contributed by atoms with Crippen molar-refractivity contribution >= 4 is 0 Å². The number of aromatic hydroxyl groups is 1. The molecule has 0 amide bonds. The van der Waals surface area contributed by atoms with Crippen LogP contribution in [0.3, 0.4) is 0 Å². The SMILES string of the molecule is N#Cc1ccc(C2CC(O)(O)c3c(O)ncn32)c(F)c1. The van der Waals surface area contributed by atoms with E-state index in [2.05, 4.69) is 4.98 Å². The molecule has 0 spiro atoms. The standard InChI is InChI=1S/C13H10FN3O3/c14-9-3-7(5-15)1-2-8(9)10-4-13(19,20)11-12(18)16-6-17(10)11/h1-3,6,10,18-20H,4H2. The molecule has 0 saturated heterocycles. The van der Waals surface area contributed by atoms with Crippen molar-refractivity contribution in [3.8, 4) is 11.9 Å². The van der Waals surface area contributed by atoms with Gasteiger partial charge >= 0.3 is 0 Å². The molecule has 1 aromatic carbocycles. The van der Waals surface area contributed by atoms with Crippen molar-refractivity contribution in [3.05, 3.63) is 47.2 Å². The first-order valence-electron chi connectivity index (χ1n) is 5.84. The van der Waals surface area contributed by atoms with Crippen LogP contribution in [0.5, 0.6) is 5.88 Å². The molecule has 0 aliphatic carbocycles. The maximum atomic E-state index is 14.0. The van der Waals surface area contributed by atoms with Crippen LogP contribution in [0.1, 0.15) is 29.3 Å². The van der Waals surface area contributed by atoms with E-state index in [4.69, 9.17) is 5.26 Å². The summed E-state index contributed by atoms with van der Waals surface area (Å²) in [6, 6.07) is 5.07. The molecule has 20 heavy (non-hydrogen) atoms. The Labute approximate surface area is 113 Å². The number of halogens is 1. The first-order valence-corrected chi connectivity index (χ1v) is 5.84. The van der Waals surface area contributed by atoms with Crippen molar-refractivity contribution in [2.75, 3.05) is 0 Å².